The largest absolute Gasteiger partial charge is 0.480 e. The Morgan fingerprint density at radius 3 is 2.68 bits per heavy atom. The molecule has 0 aromatic carbocycles. The van der Waals surface area contributed by atoms with Crippen LogP contribution in [0.25, 0.3) is 0 Å². The van der Waals surface area contributed by atoms with Gasteiger partial charge in [-0.2, -0.15) is 0 Å². The van der Waals surface area contributed by atoms with Crippen molar-refractivity contribution in [3.63, 3.8) is 0 Å². The van der Waals surface area contributed by atoms with Crippen LogP contribution in [0.3, 0.4) is 0 Å². The summed E-state index contributed by atoms with van der Waals surface area (Å²) in [6, 6.07) is 0. The average Bonchev–Trinajstić information content (AvgIpc) is 3.11. The molecule has 0 unspecified atom stereocenters. The average molecular weight is 423 g/mol. The third-order valence-electron chi connectivity index (χ3n) is 4.43. The number of carbonyl (C=O) groups is 1. The minimum Gasteiger partial charge on any atom is -0.480 e. The first-order valence-corrected chi connectivity index (χ1v) is 11.5. The van der Waals surface area contributed by atoms with Gasteiger partial charge in [0.05, 0.1) is 11.9 Å². The maximum absolute atomic E-state index is 11.3. The van der Waals surface area contributed by atoms with Crippen LogP contribution >= 0.6 is 23.1 Å². The lowest BCUT2D eigenvalue weighted by Crippen LogP contribution is -2.28. The molecular formula is C20H30N4O2S2. The van der Waals surface area contributed by atoms with Crippen molar-refractivity contribution in [2.45, 2.75) is 68.4 Å². The molecule has 2 rings (SSSR count). The Balaban J connectivity index is 1.92. The van der Waals surface area contributed by atoms with E-state index in [4.69, 9.17) is 0 Å². The van der Waals surface area contributed by atoms with E-state index in [0.717, 1.165) is 41.8 Å². The molecule has 154 valence electrons. The highest BCUT2D eigenvalue weighted by atomic mass is 32.2. The van der Waals surface area contributed by atoms with Crippen LogP contribution in [0.2, 0.25) is 0 Å². The standard InChI is InChI=1S/C20H30N4O2S2/c1-4-5-6-7-8-12-24(17-14-21-10-11-22-17)13-9-16-15-27-19(23-16)28-20(2,3)18(25)26/h10-11,14-15H,4-9,12-13H2,1-3H3,(H,25,26). The Hall–Kier alpha value is -1.67. The third-order valence-corrected chi connectivity index (χ3v) is 6.60. The van der Waals surface area contributed by atoms with E-state index in [9.17, 15) is 9.90 Å². The number of carboxylic acids is 1. The zero-order valence-corrected chi connectivity index (χ0v) is 18.6. The Bertz CT molecular complexity index is 722. The van der Waals surface area contributed by atoms with Crippen molar-refractivity contribution < 1.29 is 9.90 Å². The van der Waals surface area contributed by atoms with Crippen LogP contribution in [-0.2, 0) is 11.2 Å². The van der Waals surface area contributed by atoms with Gasteiger partial charge in [0.1, 0.15) is 10.6 Å². The second kappa shape index (κ2) is 11.4. The van der Waals surface area contributed by atoms with E-state index in [1.54, 1.807) is 26.2 Å². The number of hydrogen-bond acceptors (Lipinski definition) is 7. The van der Waals surface area contributed by atoms with E-state index < -0.39 is 10.7 Å². The van der Waals surface area contributed by atoms with Gasteiger partial charge >= 0.3 is 5.97 Å². The fraction of sp³-hybridized carbons (Fsp3) is 0.600. The fourth-order valence-electron chi connectivity index (χ4n) is 2.66. The molecule has 0 bridgehead atoms. The van der Waals surface area contributed by atoms with Crippen LogP contribution in [0.4, 0.5) is 5.82 Å². The lowest BCUT2D eigenvalue weighted by molar-refractivity contribution is -0.138. The SMILES string of the molecule is CCCCCCCN(CCc1csc(SC(C)(C)C(=O)O)n1)c1cnccn1. The summed E-state index contributed by atoms with van der Waals surface area (Å²) in [5.74, 6) is 0.0704. The lowest BCUT2D eigenvalue weighted by Gasteiger charge is -2.23. The number of unbranched alkanes of at least 4 members (excludes halogenated alkanes) is 4. The van der Waals surface area contributed by atoms with Crippen molar-refractivity contribution in [3.8, 4) is 0 Å². The third kappa shape index (κ3) is 7.39. The van der Waals surface area contributed by atoms with Crippen LogP contribution in [0.15, 0.2) is 28.3 Å². The quantitative estimate of drug-likeness (QED) is 0.363. The minimum atomic E-state index is -0.876. The maximum atomic E-state index is 11.3. The lowest BCUT2D eigenvalue weighted by atomic mass is 10.1. The second-order valence-electron chi connectivity index (χ2n) is 7.24. The van der Waals surface area contributed by atoms with Gasteiger partial charge in [0.15, 0.2) is 4.34 Å². The summed E-state index contributed by atoms with van der Waals surface area (Å²) in [6.45, 7) is 7.41. The van der Waals surface area contributed by atoms with Gasteiger partial charge in [-0.15, -0.1) is 11.3 Å². The van der Waals surface area contributed by atoms with Gasteiger partial charge in [-0.05, 0) is 20.3 Å². The highest BCUT2D eigenvalue weighted by Crippen LogP contribution is 2.34. The normalized spacial score (nSPS) is 11.5. The molecule has 0 radical (unpaired) electrons. The van der Waals surface area contributed by atoms with Gasteiger partial charge in [0, 0.05) is 37.3 Å². The molecule has 0 atom stereocenters. The summed E-state index contributed by atoms with van der Waals surface area (Å²) in [4.78, 5) is 26.9. The number of hydrogen-bond donors (Lipinski definition) is 1. The highest BCUT2D eigenvalue weighted by Gasteiger charge is 2.29. The zero-order chi connectivity index (χ0) is 20.4. The molecular weight excluding hydrogens is 392 g/mol. The summed E-state index contributed by atoms with van der Waals surface area (Å²) in [5.41, 5.74) is 0.994. The van der Waals surface area contributed by atoms with Crippen LogP contribution < -0.4 is 4.90 Å². The molecule has 8 heteroatoms. The van der Waals surface area contributed by atoms with Crippen molar-refractivity contribution in [3.05, 3.63) is 29.7 Å². The van der Waals surface area contributed by atoms with Gasteiger partial charge in [-0.3, -0.25) is 9.78 Å². The molecule has 6 nitrogen and oxygen atoms in total. The van der Waals surface area contributed by atoms with Crippen molar-refractivity contribution in [2.75, 3.05) is 18.0 Å². The first-order chi connectivity index (χ1) is 13.4. The Morgan fingerprint density at radius 2 is 2.00 bits per heavy atom. The van der Waals surface area contributed by atoms with Gasteiger partial charge in [-0.1, -0.05) is 44.4 Å². The molecule has 2 heterocycles. The molecule has 1 N–H and O–H groups in total. The summed E-state index contributed by atoms with van der Waals surface area (Å²) < 4.78 is -0.0766. The molecule has 28 heavy (non-hydrogen) atoms. The molecule has 0 spiro atoms. The fourth-order valence-corrected chi connectivity index (χ4v) is 4.89. The molecule has 0 aliphatic rings. The summed E-state index contributed by atoms with van der Waals surface area (Å²) in [6.07, 6.45) is 12.2. The molecule has 0 fully saturated rings. The number of rotatable bonds is 13. The first-order valence-electron chi connectivity index (χ1n) is 9.80. The Morgan fingerprint density at radius 1 is 1.21 bits per heavy atom. The maximum Gasteiger partial charge on any atom is 0.319 e. The number of anilines is 1. The Labute approximate surface area is 175 Å². The monoisotopic (exact) mass is 422 g/mol. The molecule has 0 amide bonds. The molecule has 0 aliphatic carbocycles. The van der Waals surface area contributed by atoms with Gasteiger partial charge in [-0.25, -0.2) is 9.97 Å². The first kappa shape index (κ1) is 22.6. The van der Waals surface area contributed by atoms with Crippen LogP contribution in [-0.4, -0.2) is 43.9 Å². The van der Waals surface area contributed by atoms with Crippen molar-refractivity contribution in [1.29, 1.82) is 0 Å². The minimum absolute atomic E-state index is 0.799. The van der Waals surface area contributed by atoms with Gasteiger partial charge < -0.3 is 10.0 Å². The predicted molar refractivity (Wildman–Crippen MR) is 116 cm³/mol. The molecule has 0 aliphatic heterocycles. The van der Waals surface area contributed by atoms with Crippen LogP contribution in [0, 0.1) is 0 Å². The van der Waals surface area contributed by atoms with Gasteiger partial charge in [0.2, 0.25) is 0 Å². The zero-order valence-electron chi connectivity index (χ0n) is 16.9. The number of aliphatic carboxylic acids is 1. The predicted octanol–water partition coefficient (Wildman–Crippen LogP) is 4.91. The van der Waals surface area contributed by atoms with Crippen molar-refractivity contribution in [1.82, 2.24) is 15.0 Å². The van der Waals surface area contributed by atoms with Crippen LogP contribution in [0.5, 0.6) is 0 Å². The second-order valence-corrected chi connectivity index (χ2v) is 9.97. The van der Waals surface area contributed by atoms with Crippen LogP contribution in [0.1, 0.15) is 58.6 Å². The van der Waals surface area contributed by atoms with E-state index >= 15 is 0 Å². The van der Waals surface area contributed by atoms with E-state index in [1.165, 1.54) is 48.8 Å². The number of nitrogens with zero attached hydrogens (tertiary/aromatic N) is 4. The summed E-state index contributed by atoms with van der Waals surface area (Å²) in [7, 11) is 0. The van der Waals surface area contributed by atoms with E-state index in [-0.39, 0.29) is 0 Å². The number of thiazole rings is 1. The van der Waals surface area contributed by atoms with E-state index in [2.05, 4.69) is 26.8 Å². The number of thioether (sulfide) groups is 1. The van der Waals surface area contributed by atoms with E-state index in [1.807, 2.05) is 11.6 Å². The summed E-state index contributed by atoms with van der Waals surface area (Å²) in [5, 5.41) is 11.3. The molecule has 2 aromatic heterocycles. The summed E-state index contributed by atoms with van der Waals surface area (Å²) >= 11 is 2.81. The number of aromatic nitrogens is 3. The van der Waals surface area contributed by atoms with Gasteiger partial charge in [0.25, 0.3) is 0 Å². The number of carboxylic acid groups (broad SMARTS) is 1. The van der Waals surface area contributed by atoms with Crippen molar-refractivity contribution in [2.24, 2.45) is 0 Å². The smallest absolute Gasteiger partial charge is 0.319 e. The molecule has 2 aromatic rings. The molecule has 0 saturated carbocycles. The topological polar surface area (TPSA) is 79.2 Å². The van der Waals surface area contributed by atoms with Crippen molar-refractivity contribution >= 4 is 34.9 Å². The van der Waals surface area contributed by atoms with E-state index in [0.29, 0.717) is 0 Å². The molecule has 0 saturated heterocycles. The highest BCUT2D eigenvalue weighted by molar-refractivity contribution is 8.02. The Kier molecular flexibility index (Phi) is 9.18.